The number of likely N-dealkylation sites (N-methyl/N-ethyl adjacent to an activating group) is 1. The molecular weight excluding hydrogens is 246 g/mol. The number of hydrogen-bond donors (Lipinski definition) is 0. The van der Waals surface area contributed by atoms with Crippen molar-refractivity contribution in [3.05, 3.63) is 0 Å². The lowest BCUT2D eigenvalue weighted by molar-refractivity contribution is 0.0477. The van der Waals surface area contributed by atoms with Gasteiger partial charge in [-0.05, 0) is 20.9 Å². The highest BCUT2D eigenvalue weighted by Gasteiger charge is 2.21. The second kappa shape index (κ2) is 7.63. The van der Waals surface area contributed by atoms with E-state index in [4.69, 9.17) is 9.47 Å². The molecule has 0 amide bonds. The molecule has 0 aromatic rings. The molecule has 0 spiro atoms. The number of ether oxygens (including phenoxy) is 2. The smallest absolute Gasteiger partial charge is 0.0700 e. The van der Waals surface area contributed by atoms with Gasteiger partial charge in [-0.15, -0.1) is 0 Å². The third kappa shape index (κ3) is 5.96. The molecule has 0 N–H and O–H groups in total. The van der Waals surface area contributed by atoms with Crippen LogP contribution in [0.15, 0.2) is 0 Å². The monoisotopic (exact) mass is 267 g/mol. The van der Waals surface area contributed by atoms with E-state index in [-0.39, 0.29) is 5.54 Å². The van der Waals surface area contributed by atoms with Crippen LogP contribution >= 0.6 is 15.9 Å². The van der Waals surface area contributed by atoms with Crippen LogP contribution in [0.3, 0.4) is 0 Å². The third-order valence-corrected chi connectivity index (χ3v) is 3.74. The molecule has 0 aliphatic carbocycles. The number of hydrogen-bond acceptors (Lipinski definition) is 3. The molecule has 0 rings (SSSR count). The highest BCUT2D eigenvalue weighted by atomic mass is 79.9. The first-order valence-corrected chi connectivity index (χ1v) is 6.00. The predicted molar refractivity (Wildman–Crippen MR) is 63.2 cm³/mol. The first-order valence-electron chi connectivity index (χ1n) is 4.88. The topological polar surface area (TPSA) is 21.7 Å². The van der Waals surface area contributed by atoms with Crippen molar-refractivity contribution in [2.75, 3.05) is 45.9 Å². The number of alkyl halides is 1. The molecule has 86 valence electrons. The maximum Gasteiger partial charge on any atom is 0.0700 e. The Balaban J connectivity index is 3.48. The van der Waals surface area contributed by atoms with Gasteiger partial charge in [-0.3, -0.25) is 4.90 Å². The van der Waals surface area contributed by atoms with Crippen molar-refractivity contribution in [1.82, 2.24) is 4.90 Å². The summed E-state index contributed by atoms with van der Waals surface area (Å²) in [6.45, 7) is 7.47. The molecule has 0 saturated carbocycles. The van der Waals surface area contributed by atoms with Crippen LogP contribution in [0.2, 0.25) is 0 Å². The lowest BCUT2D eigenvalue weighted by Gasteiger charge is -2.33. The van der Waals surface area contributed by atoms with Gasteiger partial charge in [0.05, 0.1) is 19.8 Å². The van der Waals surface area contributed by atoms with Gasteiger partial charge in [-0.25, -0.2) is 0 Å². The van der Waals surface area contributed by atoms with E-state index in [2.05, 4.69) is 41.7 Å². The van der Waals surface area contributed by atoms with Crippen LogP contribution in [-0.4, -0.2) is 56.3 Å². The number of methoxy groups -OCH3 is 1. The molecule has 3 nitrogen and oxygen atoms in total. The second-order valence-electron chi connectivity index (χ2n) is 3.97. The van der Waals surface area contributed by atoms with E-state index in [0.717, 1.165) is 18.5 Å². The Bertz CT molecular complexity index is 142. The van der Waals surface area contributed by atoms with Crippen molar-refractivity contribution < 1.29 is 9.47 Å². The van der Waals surface area contributed by atoms with Gasteiger partial charge >= 0.3 is 0 Å². The number of rotatable bonds is 8. The third-order valence-electron chi connectivity index (χ3n) is 2.36. The zero-order chi connectivity index (χ0) is 11.0. The molecule has 0 aliphatic rings. The van der Waals surface area contributed by atoms with Gasteiger partial charge in [0.25, 0.3) is 0 Å². The van der Waals surface area contributed by atoms with Gasteiger partial charge < -0.3 is 9.47 Å². The molecule has 0 unspecified atom stereocenters. The van der Waals surface area contributed by atoms with Crippen LogP contribution in [-0.2, 0) is 9.47 Å². The van der Waals surface area contributed by atoms with E-state index in [9.17, 15) is 0 Å². The molecule has 14 heavy (non-hydrogen) atoms. The van der Waals surface area contributed by atoms with Gasteiger partial charge in [-0.1, -0.05) is 15.9 Å². The number of halogens is 1. The van der Waals surface area contributed by atoms with Gasteiger partial charge in [0.15, 0.2) is 0 Å². The SMILES string of the molecule is COCCOCCN(C)C(C)(C)CBr. The van der Waals surface area contributed by atoms with Crippen molar-refractivity contribution in [3.63, 3.8) is 0 Å². The highest BCUT2D eigenvalue weighted by molar-refractivity contribution is 9.09. The minimum absolute atomic E-state index is 0.185. The summed E-state index contributed by atoms with van der Waals surface area (Å²) in [6.07, 6.45) is 0. The average Bonchev–Trinajstić information content (AvgIpc) is 2.17. The van der Waals surface area contributed by atoms with Crippen molar-refractivity contribution in [2.24, 2.45) is 0 Å². The zero-order valence-electron chi connectivity index (χ0n) is 9.68. The first kappa shape index (κ1) is 14.4. The molecule has 0 aromatic heterocycles. The van der Waals surface area contributed by atoms with E-state index in [1.165, 1.54) is 0 Å². The fourth-order valence-corrected chi connectivity index (χ4v) is 1.28. The van der Waals surface area contributed by atoms with Gasteiger partial charge in [0.1, 0.15) is 0 Å². The van der Waals surface area contributed by atoms with E-state index < -0.39 is 0 Å². The Kier molecular flexibility index (Phi) is 7.82. The van der Waals surface area contributed by atoms with Gasteiger partial charge in [-0.2, -0.15) is 0 Å². The van der Waals surface area contributed by atoms with Gasteiger partial charge in [0.2, 0.25) is 0 Å². The summed E-state index contributed by atoms with van der Waals surface area (Å²) in [5.74, 6) is 0. The minimum Gasteiger partial charge on any atom is -0.382 e. The summed E-state index contributed by atoms with van der Waals surface area (Å²) >= 11 is 3.50. The summed E-state index contributed by atoms with van der Waals surface area (Å²) in [5, 5.41) is 0.967. The molecular formula is C10H22BrNO2. The largest absolute Gasteiger partial charge is 0.382 e. The molecule has 0 bridgehead atoms. The molecule has 4 heteroatoms. The van der Waals surface area contributed by atoms with Gasteiger partial charge in [0, 0.05) is 24.5 Å². The van der Waals surface area contributed by atoms with Crippen LogP contribution in [0.5, 0.6) is 0 Å². The molecule has 0 fully saturated rings. The summed E-state index contributed by atoms with van der Waals surface area (Å²) in [6, 6.07) is 0. The van der Waals surface area contributed by atoms with Crippen LogP contribution in [0.1, 0.15) is 13.8 Å². The molecule has 0 heterocycles. The fourth-order valence-electron chi connectivity index (χ4n) is 0.850. The zero-order valence-corrected chi connectivity index (χ0v) is 11.3. The summed E-state index contributed by atoms with van der Waals surface area (Å²) < 4.78 is 10.3. The summed E-state index contributed by atoms with van der Waals surface area (Å²) in [4.78, 5) is 2.29. The second-order valence-corrected chi connectivity index (χ2v) is 4.53. The lowest BCUT2D eigenvalue weighted by atomic mass is 10.1. The summed E-state index contributed by atoms with van der Waals surface area (Å²) in [7, 11) is 3.80. The molecule has 0 aromatic carbocycles. The maximum atomic E-state index is 5.40. The Morgan fingerprint density at radius 1 is 1.21 bits per heavy atom. The Hall–Kier alpha value is 0.360. The first-order chi connectivity index (χ1) is 6.54. The predicted octanol–water partition coefficient (Wildman–Crippen LogP) is 1.75. The average molecular weight is 268 g/mol. The van der Waals surface area contributed by atoms with Crippen molar-refractivity contribution in [1.29, 1.82) is 0 Å². The van der Waals surface area contributed by atoms with Crippen molar-refractivity contribution in [3.8, 4) is 0 Å². The van der Waals surface area contributed by atoms with E-state index >= 15 is 0 Å². The molecule has 0 saturated heterocycles. The molecule has 0 atom stereocenters. The van der Waals surface area contributed by atoms with Crippen molar-refractivity contribution in [2.45, 2.75) is 19.4 Å². The fraction of sp³-hybridized carbons (Fsp3) is 1.00. The Morgan fingerprint density at radius 2 is 1.86 bits per heavy atom. The highest BCUT2D eigenvalue weighted by Crippen LogP contribution is 2.14. The molecule has 0 aliphatic heterocycles. The quantitative estimate of drug-likeness (QED) is 0.494. The minimum atomic E-state index is 0.185. The maximum absolute atomic E-state index is 5.40. The Morgan fingerprint density at radius 3 is 2.36 bits per heavy atom. The molecule has 0 radical (unpaired) electrons. The van der Waals surface area contributed by atoms with Crippen LogP contribution < -0.4 is 0 Å². The lowest BCUT2D eigenvalue weighted by Crippen LogP contribution is -2.44. The standard InChI is InChI=1S/C10H22BrNO2/c1-10(2,9-11)12(3)5-6-14-8-7-13-4/h5-9H2,1-4H3. The van der Waals surface area contributed by atoms with Crippen LogP contribution in [0.4, 0.5) is 0 Å². The van der Waals surface area contributed by atoms with E-state index in [1.54, 1.807) is 7.11 Å². The summed E-state index contributed by atoms with van der Waals surface area (Å²) in [5.41, 5.74) is 0.185. The van der Waals surface area contributed by atoms with Crippen LogP contribution in [0, 0.1) is 0 Å². The van der Waals surface area contributed by atoms with Crippen LogP contribution in [0.25, 0.3) is 0 Å². The number of nitrogens with zero attached hydrogens (tertiary/aromatic N) is 1. The van der Waals surface area contributed by atoms with Crippen molar-refractivity contribution >= 4 is 15.9 Å². The van der Waals surface area contributed by atoms with E-state index in [0.29, 0.717) is 13.2 Å². The normalized spacial score (nSPS) is 12.4. The Labute approximate surface area is 95.9 Å². The van der Waals surface area contributed by atoms with E-state index in [1.807, 2.05) is 0 Å².